The lowest BCUT2D eigenvalue weighted by Crippen LogP contribution is -2.42. The molecule has 0 aromatic carbocycles. The van der Waals surface area contributed by atoms with E-state index < -0.39 is 18.0 Å². The predicted octanol–water partition coefficient (Wildman–Crippen LogP) is 2.40. The number of carboxylic acid groups (broad SMARTS) is 1. The number of nitrogens with zero attached hydrogens (tertiary/aromatic N) is 4. The first kappa shape index (κ1) is 21.4. The summed E-state index contributed by atoms with van der Waals surface area (Å²) in [6, 6.07) is 3.30. The van der Waals surface area contributed by atoms with E-state index in [1.165, 1.54) is 22.4 Å². The molecule has 2 unspecified atom stereocenters. The zero-order valence-corrected chi connectivity index (χ0v) is 17.3. The number of hydrogen-bond donors (Lipinski definition) is 2. The predicted molar refractivity (Wildman–Crippen MR) is 106 cm³/mol. The van der Waals surface area contributed by atoms with E-state index in [0.29, 0.717) is 5.82 Å². The molecule has 29 heavy (non-hydrogen) atoms. The van der Waals surface area contributed by atoms with Crippen LogP contribution >= 0.6 is 11.3 Å². The maximum absolute atomic E-state index is 12.0. The van der Waals surface area contributed by atoms with Crippen molar-refractivity contribution in [3.63, 3.8) is 0 Å². The fraction of sp³-hybridized carbons (Fsp3) is 0.632. The third kappa shape index (κ3) is 5.83. The molecule has 1 saturated carbocycles. The Labute approximate surface area is 173 Å². The van der Waals surface area contributed by atoms with Crippen LogP contribution in [0.3, 0.4) is 0 Å². The van der Waals surface area contributed by atoms with E-state index in [0.717, 1.165) is 30.6 Å². The van der Waals surface area contributed by atoms with E-state index in [4.69, 9.17) is 4.74 Å². The Hall–Kier alpha value is -2.33. The number of carboxylic acids is 1. The van der Waals surface area contributed by atoms with Crippen LogP contribution in [0.15, 0.2) is 17.5 Å². The Morgan fingerprint density at radius 3 is 2.83 bits per heavy atom. The topological polar surface area (TPSA) is 119 Å². The molecule has 2 aromatic rings. The number of esters is 1. The molecule has 0 aliphatic heterocycles. The minimum Gasteiger partial charge on any atom is -0.481 e. The Morgan fingerprint density at radius 1 is 1.38 bits per heavy atom. The summed E-state index contributed by atoms with van der Waals surface area (Å²) in [5, 5.41) is 26.8. The number of rotatable bonds is 10. The van der Waals surface area contributed by atoms with E-state index in [1.807, 2.05) is 17.5 Å². The fourth-order valence-electron chi connectivity index (χ4n) is 3.90. The molecule has 158 valence electrons. The molecule has 1 aliphatic carbocycles. The molecule has 0 bridgehead atoms. The van der Waals surface area contributed by atoms with Crippen molar-refractivity contribution < 1.29 is 19.4 Å². The standard InChI is InChI=1S/C19H27N5O4S/c1-2-28-17(27)12-24-19(21-22-23-24)18(15-9-6-10-29-15)20-14(11-16(25)26)13-7-4-3-5-8-13/h6,9-10,13-14,18,20H,2-5,7-8,11-12H2,1H3,(H,25,26). The molecule has 0 spiro atoms. The molecule has 1 aliphatic rings. The number of carbonyl (C=O) groups excluding carboxylic acids is 1. The molecule has 2 aromatic heterocycles. The van der Waals surface area contributed by atoms with E-state index >= 15 is 0 Å². The Kier molecular flexibility index (Phi) is 7.70. The van der Waals surface area contributed by atoms with Crippen LogP contribution in [0.25, 0.3) is 0 Å². The van der Waals surface area contributed by atoms with Crippen molar-refractivity contribution >= 4 is 23.3 Å². The van der Waals surface area contributed by atoms with Crippen molar-refractivity contribution in [3.8, 4) is 0 Å². The van der Waals surface area contributed by atoms with Gasteiger partial charge < -0.3 is 9.84 Å². The van der Waals surface area contributed by atoms with Gasteiger partial charge in [-0.25, -0.2) is 4.68 Å². The molecule has 9 nitrogen and oxygen atoms in total. The monoisotopic (exact) mass is 421 g/mol. The van der Waals surface area contributed by atoms with Gasteiger partial charge in [0.2, 0.25) is 0 Å². The lowest BCUT2D eigenvalue weighted by molar-refractivity contribution is -0.144. The van der Waals surface area contributed by atoms with Crippen molar-refractivity contribution in [1.29, 1.82) is 0 Å². The molecular formula is C19H27N5O4S. The van der Waals surface area contributed by atoms with Gasteiger partial charge in [0.05, 0.1) is 13.0 Å². The molecule has 2 atom stereocenters. The number of aliphatic carboxylic acids is 1. The zero-order valence-electron chi connectivity index (χ0n) is 16.5. The highest BCUT2D eigenvalue weighted by Gasteiger charge is 2.31. The van der Waals surface area contributed by atoms with Crippen LogP contribution in [0.2, 0.25) is 0 Å². The highest BCUT2D eigenvalue weighted by Crippen LogP contribution is 2.32. The number of tetrazole rings is 1. The number of aromatic nitrogens is 4. The van der Waals surface area contributed by atoms with Crippen LogP contribution in [0.5, 0.6) is 0 Å². The largest absolute Gasteiger partial charge is 0.481 e. The van der Waals surface area contributed by atoms with Crippen LogP contribution in [-0.4, -0.2) is 49.9 Å². The highest BCUT2D eigenvalue weighted by atomic mass is 32.1. The molecule has 0 saturated heterocycles. The summed E-state index contributed by atoms with van der Waals surface area (Å²) in [7, 11) is 0. The summed E-state index contributed by atoms with van der Waals surface area (Å²) in [5.74, 6) is -0.479. The molecule has 0 radical (unpaired) electrons. The number of hydrogen-bond acceptors (Lipinski definition) is 8. The summed E-state index contributed by atoms with van der Waals surface area (Å²) in [6.45, 7) is 1.94. The SMILES string of the molecule is CCOC(=O)Cn1nnnc1C(NC(CC(=O)O)C1CCCCC1)c1cccs1. The normalized spacial score (nSPS) is 17.0. The third-order valence-electron chi connectivity index (χ3n) is 5.22. The average molecular weight is 422 g/mol. The van der Waals surface area contributed by atoms with Gasteiger partial charge in [-0.05, 0) is 47.6 Å². The maximum Gasteiger partial charge on any atom is 0.327 e. The summed E-state index contributed by atoms with van der Waals surface area (Å²) in [5.41, 5.74) is 0. The summed E-state index contributed by atoms with van der Waals surface area (Å²) >= 11 is 1.54. The molecule has 2 heterocycles. The van der Waals surface area contributed by atoms with Gasteiger partial charge in [-0.1, -0.05) is 25.3 Å². The number of ether oxygens (including phenoxy) is 1. The van der Waals surface area contributed by atoms with Crippen LogP contribution in [0.1, 0.15) is 62.2 Å². The maximum atomic E-state index is 12.0. The molecular weight excluding hydrogens is 394 g/mol. The van der Waals surface area contributed by atoms with Gasteiger partial charge in [-0.2, -0.15) is 0 Å². The molecule has 10 heteroatoms. The van der Waals surface area contributed by atoms with Gasteiger partial charge >= 0.3 is 11.9 Å². The first-order valence-electron chi connectivity index (χ1n) is 10.0. The van der Waals surface area contributed by atoms with Crippen molar-refractivity contribution in [3.05, 3.63) is 28.2 Å². The Bertz CT molecular complexity index is 788. The molecule has 3 rings (SSSR count). The number of thiophene rings is 1. The van der Waals surface area contributed by atoms with E-state index in [1.54, 1.807) is 6.92 Å². The molecule has 1 fully saturated rings. The summed E-state index contributed by atoms with van der Waals surface area (Å²) in [6.07, 6.45) is 5.49. The Balaban J connectivity index is 1.86. The Morgan fingerprint density at radius 2 is 2.17 bits per heavy atom. The van der Waals surface area contributed by atoms with Crippen LogP contribution in [0, 0.1) is 5.92 Å². The van der Waals surface area contributed by atoms with Gasteiger partial charge in [0.25, 0.3) is 0 Å². The van der Waals surface area contributed by atoms with Crippen molar-refractivity contribution in [1.82, 2.24) is 25.5 Å². The van der Waals surface area contributed by atoms with Crippen LogP contribution in [-0.2, 0) is 20.9 Å². The lowest BCUT2D eigenvalue weighted by atomic mass is 9.82. The first-order valence-corrected chi connectivity index (χ1v) is 10.9. The zero-order chi connectivity index (χ0) is 20.6. The van der Waals surface area contributed by atoms with Gasteiger partial charge in [-0.15, -0.1) is 16.4 Å². The second-order valence-corrected chi connectivity index (χ2v) is 8.20. The van der Waals surface area contributed by atoms with Gasteiger partial charge in [0, 0.05) is 10.9 Å². The minimum atomic E-state index is -0.830. The van der Waals surface area contributed by atoms with Crippen LogP contribution < -0.4 is 5.32 Å². The van der Waals surface area contributed by atoms with E-state index in [2.05, 4.69) is 20.8 Å². The van der Waals surface area contributed by atoms with E-state index in [9.17, 15) is 14.7 Å². The highest BCUT2D eigenvalue weighted by molar-refractivity contribution is 7.10. The summed E-state index contributed by atoms with van der Waals surface area (Å²) in [4.78, 5) is 24.5. The quantitative estimate of drug-likeness (QED) is 0.561. The lowest BCUT2D eigenvalue weighted by Gasteiger charge is -2.32. The van der Waals surface area contributed by atoms with E-state index in [-0.39, 0.29) is 31.5 Å². The second-order valence-electron chi connectivity index (χ2n) is 7.22. The van der Waals surface area contributed by atoms with Gasteiger partial charge in [0.15, 0.2) is 5.82 Å². The fourth-order valence-corrected chi connectivity index (χ4v) is 4.68. The smallest absolute Gasteiger partial charge is 0.327 e. The minimum absolute atomic E-state index is 0.0337. The number of nitrogens with one attached hydrogen (secondary N) is 1. The van der Waals surface area contributed by atoms with Crippen molar-refractivity contribution in [2.75, 3.05) is 6.61 Å². The van der Waals surface area contributed by atoms with Crippen molar-refractivity contribution in [2.45, 2.75) is 64.1 Å². The number of carbonyl (C=O) groups is 2. The third-order valence-corrected chi connectivity index (χ3v) is 6.16. The molecule has 0 amide bonds. The second kappa shape index (κ2) is 10.4. The van der Waals surface area contributed by atoms with Gasteiger partial charge in [-0.3, -0.25) is 14.9 Å². The molecule has 2 N–H and O–H groups in total. The van der Waals surface area contributed by atoms with Gasteiger partial charge in [0.1, 0.15) is 12.6 Å². The van der Waals surface area contributed by atoms with Crippen molar-refractivity contribution in [2.24, 2.45) is 5.92 Å². The average Bonchev–Trinajstić information content (AvgIpc) is 3.38. The first-order chi connectivity index (χ1) is 14.1. The summed E-state index contributed by atoms with van der Waals surface area (Å²) < 4.78 is 6.44. The van der Waals surface area contributed by atoms with Crippen LogP contribution in [0.4, 0.5) is 0 Å².